The molecule has 1 N–H and O–H groups in total. The number of rotatable bonds is 27. The van der Waals surface area contributed by atoms with E-state index < -0.39 is 190 Å². The minimum absolute atomic E-state index is 0.0229. The van der Waals surface area contributed by atoms with E-state index >= 15 is 9.59 Å². The molecule has 540 valence electrons. The largest absolute Gasteiger partial charge is 0.466 e. The van der Waals surface area contributed by atoms with Gasteiger partial charge in [-0.1, -0.05) is 123 Å². The normalized spacial score (nSPS) is 26.8. The fourth-order valence-corrected chi connectivity index (χ4v) is 14.2. The van der Waals surface area contributed by atoms with Crippen LogP contribution in [0.4, 0.5) is 0 Å². The summed E-state index contributed by atoms with van der Waals surface area (Å²) in [6.45, 7) is 9.70. The minimum Gasteiger partial charge on any atom is -0.466 e. The Balaban J connectivity index is 1.27. The highest BCUT2D eigenvalue weighted by molar-refractivity contribution is 8.02. The lowest BCUT2D eigenvalue weighted by atomic mass is 9.89. The number of ether oxygens (including phenoxy) is 16. The van der Waals surface area contributed by atoms with E-state index in [0.717, 1.165) is 41.7 Å². The Morgan fingerprint density at radius 1 is 0.574 bits per heavy atom. The Hall–Kier alpha value is -8.91. The maximum absolute atomic E-state index is 15.5. The zero-order valence-corrected chi connectivity index (χ0v) is 58.8. The highest BCUT2D eigenvalue weighted by atomic mass is 32.2. The minimum atomic E-state index is -2.65. The van der Waals surface area contributed by atoms with E-state index in [1.807, 2.05) is 0 Å². The highest BCUT2D eigenvalue weighted by Crippen LogP contribution is 2.51. The quantitative estimate of drug-likeness (QED) is 0.0303. The van der Waals surface area contributed by atoms with Crippen LogP contribution in [-0.2, 0) is 105 Å². The van der Waals surface area contributed by atoms with E-state index in [0.29, 0.717) is 23.4 Å². The second-order valence-electron chi connectivity index (χ2n) is 25.2. The number of carbonyl (C=O) groups is 10. The Morgan fingerprint density at radius 2 is 1.10 bits per heavy atom. The number of fused-ring (bicyclic) bond motifs is 1. The lowest BCUT2D eigenvalue weighted by Gasteiger charge is -2.53. The third-order valence-corrected chi connectivity index (χ3v) is 19.7. The summed E-state index contributed by atoms with van der Waals surface area (Å²) in [5, 5.41) is 1.06. The van der Waals surface area contributed by atoms with E-state index in [4.69, 9.17) is 75.8 Å². The van der Waals surface area contributed by atoms with Gasteiger partial charge in [-0.2, -0.15) is 0 Å². The number of hydrogen-bond acceptors (Lipinski definition) is 27. The summed E-state index contributed by atoms with van der Waals surface area (Å²) in [7, 11) is -0.914. The Labute approximate surface area is 587 Å². The monoisotopic (exact) mass is 1440 g/mol. The second kappa shape index (κ2) is 35.1. The zero-order chi connectivity index (χ0) is 72.5. The van der Waals surface area contributed by atoms with Crippen LogP contribution in [0, 0.1) is 0 Å². The molecule has 1 amide bonds. The molecule has 0 spiro atoms. The van der Waals surface area contributed by atoms with Crippen molar-refractivity contribution in [2.45, 2.75) is 169 Å². The molecule has 17 atom stereocenters. The molecule has 4 aliphatic rings. The lowest BCUT2D eigenvalue weighted by Crippen LogP contribution is -2.70. The molecule has 0 radical (unpaired) electrons. The molecule has 0 aliphatic carbocycles. The van der Waals surface area contributed by atoms with Crippen LogP contribution in [0.3, 0.4) is 0 Å². The second-order valence-corrected chi connectivity index (χ2v) is 32.3. The van der Waals surface area contributed by atoms with Crippen LogP contribution >= 0.6 is 11.8 Å². The van der Waals surface area contributed by atoms with Crippen molar-refractivity contribution in [3.05, 3.63) is 179 Å². The van der Waals surface area contributed by atoms with Crippen molar-refractivity contribution in [1.29, 1.82) is 0 Å². The number of nitrogens with one attached hydrogen (secondary N) is 1. The summed E-state index contributed by atoms with van der Waals surface area (Å²) in [5.74, 6) is -9.61. The summed E-state index contributed by atoms with van der Waals surface area (Å²) >= 11 is 0.566. The van der Waals surface area contributed by atoms with Crippen LogP contribution in [0.5, 0.6) is 0 Å². The molecule has 9 rings (SSSR count). The van der Waals surface area contributed by atoms with E-state index in [9.17, 15) is 38.4 Å². The number of esters is 9. The molecule has 5 aromatic carbocycles. The zero-order valence-electron chi connectivity index (χ0n) is 56.9. The Bertz CT molecular complexity index is 3670. The molecule has 0 aromatic heterocycles. The SMILES string of the molecule is COC(=O)[C@@]1(S[C@H]2[C@H]3O[C@H](c4ccccc4)OC[C@H]3O[C@@H](O[C@H]3[C@H](OC(=O)c4ccccc4)[C@@H](OC(=O)c4ccccc4)[C@H](OCC[Si](C)(C)C)O[C@@H]3COC(=O)c3ccccc3)[C@@H]2OC(=O)c2ccccc2)C[C@H](OC(C)=O)[C@@H](NC(C)=O)[C@H]([C@H](OC(C)=O)[C@@H](COC(C)=O)OC(C)=O)O1. The van der Waals surface area contributed by atoms with Gasteiger partial charge in [0.05, 0.1) is 47.3 Å². The van der Waals surface area contributed by atoms with Crippen LogP contribution in [0.25, 0.3) is 0 Å². The number of thioether (sulfide) groups is 1. The van der Waals surface area contributed by atoms with Gasteiger partial charge in [-0.05, 0) is 54.6 Å². The van der Waals surface area contributed by atoms with Gasteiger partial charge in [0, 0.05) is 61.3 Å². The Kier molecular flexibility index (Phi) is 26.5. The van der Waals surface area contributed by atoms with Crippen molar-refractivity contribution in [3.8, 4) is 0 Å². The van der Waals surface area contributed by atoms with Crippen molar-refractivity contribution in [3.63, 3.8) is 0 Å². The summed E-state index contributed by atoms with van der Waals surface area (Å²) in [5.41, 5.74) is 0.669. The average molecular weight is 1440 g/mol. The van der Waals surface area contributed by atoms with E-state index in [1.165, 1.54) is 48.5 Å². The summed E-state index contributed by atoms with van der Waals surface area (Å²) in [6.07, 6.45) is -24.8. The van der Waals surface area contributed by atoms with E-state index in [2.05, 4.69) is 25.0 Å². The predicted octanol–water partition coefficient (Wildman–Crippen LogP) is 7.45. The molecule has 5 aromatic rings. The Morgan fingerprint density at radius 3 is 1.60 bits per heavy atom. The molecule has 4 aliphatic heterocycles. The van der Waals surface area contributed by atoms with Crippen LogP contribution in [0.15, 0.2) is 152 Å². The fraction of sp³-hybridized carbons (Fsp3) is 0.444. The van der Waals surface area contributed by atoms with Crippen molar-refractivity contribution in [1.82, 2.24) is 5.32 Å². The van der Waals surface area contributed by atoms with Gasteiger partial charge in [0.25, 0.3) is 0 Å². The van der Waals surface area contributed by atoms with Crippen LogP contribution in [-0.4, -0.2) is 197 Å². The van der Waals surface area contributed by atoms with Crippen molar-refractivity contribution >= 4 is 79.5 Å². The molecule has 0 unspecified atom stereocenters. The highest BCUT2D eigenvalue weighted by Gasteiger charge is 2.64. The van der Waals surface area contributed by atoms with Gasteiger partial charge in [-0.3, -0.25) is 24.0 Å². The maximum Gasteiger partial charge on any atom is 0.349 e. The van der Waals surface area contributed by atoms with Crippen LogP contribution < -0.4 is 5.32 Å². The topological polar surface area (TPSA) is 330 Å². The molecule has 4 heterocycles. The first-order valence-electron chi connectivity index (χ1n) is 32.6. The molecule has 0 saturated carbocycles. The number of benzene rings is 5. The van der Waals surface area contributed by atoms with Crippen molar-refractivity contribution in [2.24, 2.45) is 0 Å². The van der Waals surface area contributed by atoms with Gasteiger partial charge in [0.1, 0.15) is 49.8 Å². The lowest BCUT2D eigenvalue weighted by molar-refractivity contribution is -0.366. The van der Waals surface area contributed by atoms with Crippen molar-refractivity contribution < 1.29 is 124 Å². The summed E-state index contributed by atoms with van der Waals surface area (Å²) < 4.78 is 102. The van der Waals surface area contributed by atoms with Gasteiger partial charge < -0.3 is 81.1 Å². The molecule has 27 nitrogen and oxygen atoms in total. The number of hydrogen-bond donors (Lipinski definition) is 1. The maximum atomic E-state index is 15.5. The van der Waals surface area contributed by atoms with Gasteiger partial charge in [-0.25, -0.2) is 24.0 Å². The van der Waals surface area contributed by atoms with Gasteiger partial charge >= 0.3 is 53.7 Å². The fourth-order valence-electron chi connectivity index (χ4n) is 11.8. The van der Waals surface area contributed by atoms with Gasteiger partial charge in [-0.15, -0.1) is 11.8 Å². The predicted molar refractivity (Wildman–Crippen MR) is 356 cm³/mol. The first-order chi connectivity index (χ1) is 48.3. The molecule has 101 heavy (non-hydrogen) atoms. The number of amides is 1. The standard InChI is InChI=1S/C72H81NO26SSi/c1-41(74)73-55-51(89-43(3)76)37-72(71(83)84-6,99-59(55)56(91-45(5)78)52(90-44(4)77)38-86-42(2)75)100-63-58-54(40-88-68(98-58)50-33-23-14-24-34-50)93-70(62(63)96-67(82)49-31-21-13-22-32-49)97-57-53(39-87-64(79)46-25-15-10-16-26-46)92-69(85-35-36-101(7,8)9)61(95-66(81)48-29-19-12-20-30-48)60(57)94-65(80)47-27-17-11-18-28-47/h10-34,51-63,68-70H,35-40H2,1-9H3,(H,73,74)/t51-,52+,53+,54+,55+,56+,57+,58-,59+,60-,61+,62+,63-,68+,69+,70-,72-/m0/s1. The van der Waals surface area contributed by atoms with Gasteiger partial charge in [0.15, 0.2) is 49.4 Å². The van der Waals surface area contributed by atoms with E-state index in [1.54, 1.807) is 103 Å². The first kappa shape index (κ1) is 76.3. The van der Waals surface area contributed by atoms with Gasteiger partial charge in [0.2, 0.25) is 10.8 Å². The molecule has 4 saturated heterocycles. The number of carbonyl (C=O) groups excluding carboxylic acids is 10. The summed E-state index contributed by atoms with van der Waals surface area (Å²) in [4.78, 5) is 138. The molecular weight excluding hydrogens is 1350 g/mol. The van der Waals surface area contributed by atoms with Crippen LogP contribution in [0.1, 0.15) is 94.3 Å². The molecule has 4 fully saturated rings. The summed E-state index contributed by atoms with van der Waals surface area (Å²) in [6, 6.07) is 38.9. The molecular formula is C72H81NO26SSi. The first-order valence-corrected chi connectivity index (χ1v) is 37.1. The number of methoxy groups -OCH3 is 1. The van der Waals surface area contributed by atoms with Crippen molar-refractivity contribution in [2.75, 3.05) is 33.5 Å². The van der Waals surface area contributed by atoms with E-state index in [-0.39, 0.29) is 35.5 Å². The average Bonchev–Trinajstić information content (AvgIpc) is 0.740. The molecule has 29 heteroatoms. The third-order valence-electron chi connectivity index (χ3n) is 16.3. The van der Waals surface area contributed by atoms with Crippen LogP contribution in [0.2, 0.25) is 25.7 Å². The molecule has 0 bridgehead atoms. The smallest absolute Gasteiger partial charge is 0.349 e. The third kappa shape index (κ3) is 20.4.